The first-order chi connectivity index (χ1) is 10.5. The van der Waals surface area contributed by atoms with Gasteiger partial charge in [-0.2, -0.15) is 5.10 Å². The van der Waals surface area contributed by atoms with Gasteiger partial charge in [-0.05, 0) is 42.0 Å². The molecule has 8 heteroatoms. The number of nitro groups is 1. The molecule has 0 spiro atoms. The first kappa shape index (κ1) is 15.6. The van der Waals surface area contributed by atoms with E-state index in [1.807, 2.05) is 0 Å². The molecule has 0 aliphatic heterocycles. The number of carbonyl (C=O) groups excluding carboxylic acids is 1. The number of nitro benzene ring substituents is 1. The van der Waals surface area contributed by atoms with Crippen LogP contribution in [0, 0.1) is 10.1 Å². The highest BCUT2D eigenvalue weighted by molar-refractivity contribution is 9.10. The Morgan fingerprint density at radius 2 is 1.95 bits per heavy atom. The number of amides is 1. The zero-order chi connectivity index (χ0) is 16.1. The van der Waals surface area contributed by atoms with E-state index >= 15 is 0 Å². The molecule has 0 heterocycles. The van der Waals surface area contributed by atoms with Gasteiger partial charge in [0.1, 0.15) is 0 Å². The Bertz CT molecular complexity index is 744. The predicted molar refractivity (Wildman–Crippen MR) is 84.0 cm³/mol. The van der Waals surface area contributed by atoms with E-state index in [0.717, 1.165) is 10.5 Å². The topological polar surface area (TPSA) is 105 Å². The van der Waals surface area contributed by atoms with Gasteiger partial charge in [0.25, 0.3) is 5.91 Å². The fourth-order valence-electron chi connectivity index (χ4n) is 1.61. The van der Waals surface area contributed by atoms with Gasteiger partial charge in [0.15, 0.2) is 5.75 Å². The Hall–Kier alpha value is -2.74. The maximum Gasteiger partial charge on any atom is 0.310 e. The summed E-state index contributed by atoms with van der Waals surface area (Å²) in [5.74, 6) is -0.858. The molecule has 2 rings (SSSR count). The van der Waals surface area contributed by atoms with Crippen LogP contribution in [0.1, 0.15) is 15.9 Å². The molecule has 2 aromatic carbocycles. The average molecular weight is 364 g/mol. The highest BCUT2D eigenvalue weighted by atomic mass is 79.9. The number of phenolic OH excluding ortho intramolecular Hbond substituents is 1. The fraction of sp³-hybridized carbons (Fsp3) is 0. The van der Waals surface area contributed by atoms with Crippen LogP contribution in [0.15, 0.2) is 52.0 Å². The summed E-state index contributed by atoms with van der Waals surface area (Å²) in [7, 11) is 0. The normalized spacial score (nSPS) is 10.6. The molecule has 0 aromatic heterocycles. The van der Waals surface area contributed by atoms with Gasteiger partial charge in [0.05, 0.1) is 11.1 Å². The minimum atomic E-state index is -0.689. The third kappa shape index (κ3) is 3.89. The van der Waals surface area contributed by atoms with E-state index in [0.29, 0.717) is 11.1 Å². The molecule has 0 fully saturated rings. The molecule has 0 radical (unpaired) electrons. The summed E-state index contributed by atoms with van der Waals surface area (Å²) in [6.07, 6.45) is 1.28. The van der Waals surface area contributed by atoms with Crippen LogP contribution in [0.3, 0.4) is 0 Å². The van der Waals surface area contributed by atoms with Crippen molar-refractivity contribution in [1.29, 1.82) is 0 Å². The van der Waals surface area contributed by atoms with E-state index in [1.54, 1.807) is 24.3 Å². The van der Waals surface area contributed by atoms with E-state index in [9.17, 15) is 20.0 Å². The molecule has 1 amide bonds. The minimum Gasteiger partial charge on any atom is -0.502 e. The number of aromatic hydroxyl groups is 1. The largest absolute Gasteiger partial charge is 0.502 e. The summed E-state index contributed by atoms with van der Waals surface area (Å²) in [6, 6.07) is 10.5. The van der Waals surface area contributed by atoms with Gasteiger partial charge < -0.3 is 5.11 Å². The van der Waals surface area contributed by atoms with Gasteiger partial charge in [-0.1, -0.05) is 15.9 Å². The molecular weight excluding hydrogens is 354 g/mol. The lowest BCUT2D eigenvalue weighted by Crippen LogP contribution is -2.17. The second-order valence-electron chi connectivity index (χ2n) is 4.21. The third-order valence-corrected chi connectivity index (χ3v) is 3.21. The first-order valence-corrected chi connectivity index (χ1v) is 6.83. The summed E-state index contributed by atoms with van der Waals surface area (Å²) in [5.41, 5.74) is 2.78. The molecular formula is C14H10BrN3O4. The monoisotopic (exact) mass is 363 g/mol. The third-order valence-electron chi connectivity index (χ3n) is 2.68. The Labute approximate surface area is 133 Å². The number of nitrogens with zero attached hydrogens (tertiary/aromatic N) is 2. The quantitative estimate of drug-likeness (QED) is 0.494. The molecule has 7 nitrogen and oxygen atoms in total. The van der Waals surface area contributed by atoms with Crippen LogP contribution in [0.2, 0.25) is 0 Å². The zero-order valence-corrected chi connectivity index (χ0v) is 12.6. The summed E-state index contributed by atoms with van der Waals surface area (Å²) in [6.45, 7) is 0. The Morgan fingerprint density at radius 3 is 2.55 bits per heavy atom. The molecule has 0 bridgehead atoms. The molecule has 22 heavy (non-hydrogen) atoms. The van der Waals surface area contributed by atoms with Crippen molar-refractivity contribution in [2.24, 2.45) is 5.10 Å². The zero-order valence-electron chi connectivity index (χ0n) is 11.1. The lowest BCUT2D eigenvalue weighted by Gasteiger charge is -2.00. The van der Waals surface area contributed by atoms with Crippen molar-refractivity contribution in [2.45, 2.75) is 0 Å². The Balaban J connectivity index is 2.03. The number of nitrogens with one attached hydrogen (secondary N) is 1. The number of hydrazone groups is 1. The summed E-state index contributed by atoms with van der Waals surface area (Å²) in [4.78, 5) is 21.7. The maximum atomic E-state index is 11.8. The summed E-state index contributed by atoms with van der Waals surface area (Å²) in [5, 5.41) is 23.8. The van der Waals surface area contributed by atoms with E-state index in [2.05, 4.69) is 26.5 Å². The van der Waals surface area contributed by atoms with Crippen LogP contribution >= 0.6 is 15.9 Å². The van der Waals surface area contributed by atoms with Crippen LogP contribution in [-0.4, -0.2) is 22.2 Å². The van der Waals surface area contributed by atoms with Crippen LogP contribution < -0.4 is 5.43 Å². The lowest BCUT2D eigenvalue weighted by molar-refractivity contribution is -0.385. The van der Waals surface area contributed by atoms with Gasteiger partial charge in [0.2, 0.25) is 0 Å². The molecule has 0 aliphatic rings. The summed E-state index contributed by atoms with van der Waals surface area (Å²) >= 11 is 3.27. The smallest absolute Gasteiger partial charge is 0.310 e. The number of carbonyl (C=O) groups is 1. The molecule has 0 unspecified atom stereocenters. The van der Waals surface area contributed by atoms with Crippen LogP contribution in [0.25, 0.3) is 0 Å². The van der Waals surface area contributed by atoms with Crippen LogP contribution in [0.4, 0.5) is 5.69 Å². The van der Waals surface area contributed by atoms with Crippen LogP contribution in [0.5, 0.6) is 5.75 Å². The second-order valence-corrected chi connectivity index (χ2v) is 5.13. The highest BCUT2D eigenvalue weighted by Crippen LogP contribution is 2.25. The van der Waals surface area contributed by atoms with Gasteiger partial charge in [-0.15, -0.1) is 0 Å². The molecule has 0 saturated carbocycles. The molecule has 112 valence electrons. The number of halogens is 1. The van der Waals surface area contributed by atoms with Crippen molar-refractivity contribution in [2.75, 3.05) is 0 Å². The van der Waals surface area contributed by atoms with E-state index < -0.39 is 22.3 Å². The Morgan fingerprint density at radius 1 is 1.27 bits per heavy atom. The van der Waals surface area contributed by atoms with Gasteiger partial charge >= 0.3 is 5.69 Å². The number of rotatable bonds is 4. The maximum absolute atomic E-state index is 11.8. The van der Waals surface area contributed by atoms with Gasteiger partial charge in [-0.25, -0.2) is 5.43 Å². The van der Waals surface area contributed by atoms with Gasteiger partial charge in [0, 0.05) is 16.1 Å². The average Bonchev–Trinajstić information content (AvgIpc) is 2.47. The number of benzene rings is 2. The number of phenols is 1. The minimum absolute atomic E-state index is 0.393. The lowest BCUT2D eigenvalue weighted by atomic mass is 10.2. The summed E-state index contributed by atoms with van der Waals surface area (Å²) < 4.78 is 0.855. The van der Waals surface area contributed by atoms with Crippen molar-refractivity contribution >= 4 is 33.7 Å². The number of hydrogen-bond acceptors (Lipinski definition) is 5. The predicted octanol–water partition coefficient (Wildman–Crippen LogP) is 2.83. The fourth-order valence-corrected chi connectivity index (χ4v) is 1.87. The first-order valence-electron chi connectivity index (χ1n) is 6.04. The van der Waals surface area contributed by atoms with Crippen molar-refractivity contribution in [3.05, 3.63) is 68.2 Å². The molecule has 2 aromatic rings. The van der Waals surface area contributed by atoms with Crippen molar-refractivity contribution in [3.8, 4) is 5.75 Å². The second kappa shape index (κ2) is 6.81. The molecule has 0 aliphatic carbocycles. The standard InChI is InChI=1S/C14H10BrN3O4/c15-11-4-2-10(3-5-11)14(20)17-16-8-9-1-6-12(18(21)22)13(19)7-9/h1-8,19H,(H,17,20). The van der Waals surface area contributed by atoms with E-state index in [4.69, 9.17) is 0 Å². The van der Waals surface area contributed by atoms with E-state index in [-0.39, 0.29) is 0 Å². The molecule has 0 atom stereocenters. The number of hydrogen-bond donors (Lipinski definition) is 2. The molecule has 2 N–H and O–H groups in total. The highest BCUT2D eigenvalue weighted by Gasteiger charge is 2.12. The van der Waals surface area contributed by atoms with Crippen molar-refractivity contribution in [1.82, 2.24) is 5.43 Å². The van der Waals surface area contributed by atoms with Crippen molar-refractivity contribution in [3.63, 3.8) is 0 Å². The Kier molecular flexibility index (Phi) is 4.84. The van der Waals surface area contributed by atoms with E-state index in [1.165, 1.54) is 18.3 Å². The SMILES string of the molecule is O=C(NN=Cc1ccc([N+](=O)[O-])c(O)c1)c1ccc(Br)cc1. The molecule has 0 saturated heterocycles. The van der Waals surface area contributed by atoms with Gasteiger partial charge in [-0.3, -0.25) is 14.9 Å². The van der Waals surface area contributed by atoms with Crippen LogP contribution in [-0.2, 0) is 0 Å². The van der Waals surface area contributed by atoms with Crippen molar-refractivity contribution < 1.29 is 14.8 Å².